The average molecular weight is 539 g/mol. The molecule has 1 aromatic heterocycles. The maximum Gasteiger partial charge on any atom is 0.247 e. The third-order valence-electron chi connectivity index (χ3n) is 9.74. The van der Waals surface area contributed by atoms with Gasteiger partial charge in [-0.2, -0.15) is 0 Å². The number of carbonyl (C=O) groups is 4. The fourth-order valence-corrected chi connectivity index (χ4v) is 7.88. The molecule has 4 amide bonds. The lowest BCUT2D eigenvalue weighted by molar-refractivity contribution is -0.148. The van der Waals surface area contributed by atoms with Crippen LogP contribution in [0.15, 0.2) is 48.7 Å². The first kappa shape index (κ1) is 23.5. The number of benzene rings is 2. The van der Waals surface area contributed by atoms with E-state index in [1.54, 1.807) is 16.7 Å². The molecule has 4 saturated heterocycles. The molecule has 5 aliphatic rings. The summed E-state index contributed by atoms with van der Waals surface area (Å²) in [6, 6.07) is 12.3. The number of anilines is 1. The van der Waals surface area contributed by atoms with E-state index in [1.807, 2.05) is 24.4 Å². The molecule has 0 radical (unpaired) electrons. The Morgan fingerprint density at radius 2 is 1.77 bits per heavy atom. The number of rotatable bonds is 3. The van der Waals surface area contributed by atoms with Gasteiger partial charge in [-0.3, -0.25) is 19.2 Å². The van der Waals surface area contributed by atoms with Crippen LogP contribution >= 0.6 is 0 Å². The molecule has 6 heterocycles. The minimum absolute atomic E-state index is 0.0109. The van der Waals surface area contributed by atoms with Gasteiger partial charge in [0.25, 0.3) is 0 Å². The zero-order valence-corrected chi connectivity index (χ0v) is 22.1. The number of hydrogen-bond donors (Lipinski definition) is 4. The van der Waals surface area contributed by atoms with Gasteiger partial charge in [0.15, 0.2) is 0 Å². The van der Waals surface area contributed by atoms with E-state index in [0.29, 0.717) is 19.4 Å². The Balaban J connectivity index is 1.18. The van der Waals surface area contributed by atoms with Crippen LogP contribution in [0.1, 0.15) is 42.9 Å². The van der Waals surface area contributed by atoms with Gasteiger partial charge in [0.2, 0.25) is 23.6 Å². The highest BCUT2D eigenvalue weighted by atomic mass is 16.2. The largest absolute Gasteiger partial charge is 0.364 e. The van der Waals surface area contributed by atoms with Crippen molar-refractivity contribution in [3.63, 3.8) is 0 Å². The third kappa shape index (κ3) is 2.99. The van der Waals surface area contributed by atoms with Crippen LogP contribution in [-0.4, -0.2) is 75.3 Å². The minimum atomic E-state index is -0.601. The van der Waals surface area contributed by atoms with Crippen molar-refractivity contribution in [2.45, 2.75) is 68.4 Å². The van der Waals surface area contributed by atoms with Crippen molar-refractivity contribution in [1.29, 1.82) is 0 Å². The fourth-order valence-electron chi connectivity index (χ4n) is 7.88. The molecule has 40 heavy (non-hydrogen) atoms. The van der Waals surface area contributed by atoms with E-state index in [-0.39, 0.29) is 35.8 Å². The lowest BCUT2D eigenvalue weighted by Gasteiger charge is -2.37. The first-order valence-corrected chi connectivity index (χ1v) is 14.1. The van der Waals surface area contributed by atoms with Crippen molar-refractivity contribution >= 4 is 40.2 Å². The van der Waals surface area contributed by atoms with Crippen molar-refractivity contribution < 1.29 is 19.2 Å². The number of H-pyrrole nitrogens is 1. The molecule has 6 unspecified atom stereocenters. The van der Waals surface area contributed by atoms with E-state index in [4.69, 9.17) is 0 Å². The monoisotopic (exact) mass is 538 g/mol. The number of piperazine rings is 2. The smallest absolute Gasteiger partial charge is 0.247 e. The lowest BCUT2D eigenvalue weighted by Crippen LogP contribution is -2.63. The number of amides is 4. The molecule has 5 aliphatic heterocycles. The lowest BCUT2D eigenvalue weighted by atomic mass is 9.72. The molecular weight excluding hydrogens is 508 g/mol. The van der Waals surface area contributed by atoms with Crippen molar-refractivity contribution in [3.05, 3.63) is 65.4 Å². The highest BCUT2D eigenvalue weighted by Crippen LogP contribution is 2.55. The SMILES string of the molecule is CC1NC(=O)C2CC3(c4ccc5c(CC6NC(=O)C7CCCN7C6=O)c[nH]c5c4)c4ccccc4NC3N2C1=O. The predicted molar refractivity (Wildman–Crippen MR) is 146 cm³/mol. The summed E-state index contributed by atoms with van der Waals surface area (Å²) in [4.78, 5) is 59.0. The van der Waals surface area contributed by atoms with E-state index in [9.17, 15) is 19.2 Å². The Morgan fingerprint density at radius 3 is 2.65 bits per heavy atom. The first-order valence-electron chi connectivity index (χ1n) is 14.1. The molecule has 4 fully saturated rings. The van der Waals surface area contributed by atoms with E-state index >= 15 is 0 Å². The summed E-state index contributed by atoms with van der Waals surface area (Å²) >= 11 is 0. The molecule has 0 saturated carbocycles. The normalized spacial score (nSPS) is 32.4. The maximum absolute atomic E-state index is 13.3. The van der Waals surface area contributed by atoms with Crippen LogP contribution < -0.4 is 16.0 Å². The second-order valence-electron chi connectivity index (χ2n) is 11.8. The summed E-state index contributed by atoms with van der Waals surface area (Å²) in [5, 5.41) is 10.4. The van der Waals surface area contributed by atoms with Crippen LogP contribution in [0, 0.1) is 0 Å². The predicted octanol–water partition coefficient (Wildman–Crippen LogP) is 1.36. The zero-order chi connectivity index (χ0) is 27.3. The molecule has 3 aromatic rings. The Labute approximate surface area is 230 Å². The number of carbonyl (C=O) groups excluding carboxylic acids is 4. The van der Waals surface area contributed by atoms with Crippen LogP contribution in [0.5, 0.6) is 0 Å². The molecule has 6 atom stereocenters. The number of nitrogens with one attached hydrogen (secondary N) is 4. The number of fused-ring (bicyclic) bond motifs is 7. The number of nitrogens with zero attached hydrogens (tertiary/aromatic N) is 2. The Bertz CT molecular complexity index is 1630. The molecule has 0 aliphatic carbocycles. The van der Waals surface area contributed by atoms with Crippen LogP contribution in [0.4, 0.5) is 5.69 Å². The highest BCUT2D eigenvalue weighted by Gasteiger charge is 2.63. The second-order valence-corrected chi connectivity index (χ2v) is 11.8. The van der Waals surface area contributed by atoms with Gasteiger partial charge in [-0.05, 0) is 55.0 Å². The second kappa shape index (κ2) is 8.09. The fraction of sp³-hybridized carbons (Fsp3) is 0.400. The quantitative estimate of drug-likeness (QED) is 0.401. The summed E-state index contributed by atoms with van der Waals surface area (Å²) in [5.41, 5.74) is 4.33. The Kier molecular flexibility index (Phi) is 4.76. The zero-order valence-electron chi connectivity index (χ0n) is 22.1. The van der Waals surface area contributed by atoms with Gasteiger partial charge < -0.3 is 30.7 Å². The highest BCUT2D eigenvalue weighted by molar-refractivity contribution is 6.00. The van der Waals surface area contributed by atoms with Crippen LogP contribution in [0.2, 0.25) is 0 Å². The molecule has 0 bridgehead atoms. The van der Waals surface area contributed by atoms with Gasteiger partial charge >= 0.3 is 0 Å². The molecule has 10 heteroatoms. The molecule has 2 aromatic carbocycles. The number of aromatic nitrogens is 1. The molecule has 0 spiro atoms. The van der Waals surface area contributed by atoms with Gasteiger partial charge in [0.1, 0.15) is 30.3 Å². The molecule has 204 valence electrons. The summed E-state index contributed by atoms with van der Waals surface area (Å²) in [6.45, 7) is 2.37. The van der Waals surface area contributed by atoms with Crippen molar-refractivity contribution in [3.8, 4) is 0 Å². The van der Waals surface area contributed by atoms with Crippen LogP contribution in [-0.2, 0) is 31.0 Å². The standard InChI is InChI=1S/C30H30N6O4/c1-15-27(39)36-24(26(38)32-15)13-30(19-5-2-3-6-20(19)34-29(30)36)17-8-9-18-16(14-31-21(18)12-17)11-22-28(40)35-10-4-7-23(35)25(37)33-22/h2-3,5-6,8-9,12,14-15,22-24,29,31,34H,4,7,10-11,13H2,1H3,(H,32,38)(H,33,37). The molecule has 10 nitrogen and oxygen atoms in total. The summed E-state index contributed by atoms with van der Waals surface area (Å²) in [7, 11) is 0. The molecular formula is C30H30N6O4. The van der Waals surface area contributed by atoms with Gasteiger partial charge in [-0.1, -0.05) is 30.3 Å². The maximum atomic E-state index is 13.3. The van der Waals surface area contributed by atoms with E-state index in [0.717, 1.165) is 46.1 Å². The van der Waals surface area contributed by atoms with Gasteiger partial charge in [-0.15, -0.1) is 0 Å². The molecule has 8 rings (SSSR count). The number of aromatic amines is 1. The number of hydrogen-bond acceptors (Lipinski definition) is 5. The summed E-state index contributed by atoms with van der Waals surface area (Å²) in [6.07, 6.45) is 4.00. The van der Waals surface area contributed by atoms with Gasteiger partial charge in [0, 0.05) is 35.8 Å². The Hall–Kier alpha value is -4.34. The average Bonchev–Trinajstić information content (AvgIpc) is 3.72. The van der Waals surface area contributed by atoms with E-state index in [1.165, 1.54) is 0 Å². The first-order chi connectivity index (χ1) is 19.4. The Morgan fingerprint density at radius 1 is 0.950 bits per heavy atom. The summed E-state index contributed by atoms with van der Waals surface area (Å²) < 4.78 is 0. The summed E-state index contributed by atoms with van der Waals surface area (Å²) in [5.74, 6) is -0.280. The van der Waals surface area contributed by atoms with Crippen molar-refractivity contribution in [2.24, 2.45) is 0 Å². The van der Waals surface area contributed by atoms with E-state index in [2.05, 4.69) is 45.2 Å². The topological polar surface area (TPSA) is 127 Å². The van der Waals surface area contributed by atoms with E-state index < -0.39 is 23.5 Å². The number of para-hydroxylation sites is 1. The van der Waals surface area contributed by atoms with Crippen molar-refractivity contribution in [2.75, 3.05) is 11.9 Å². The van der Waals surface area contributed by atoms with Crippen molar-refractivity contribution in [1.82, 2.24) is 25.4 Å². The third-order valence-corrected chi connectivity index (χ3v) is 9.74. The minimum Gasteiger partial charge on any atom is -0.364 e. The van der Waals surface area contributed by atoms with Gasteiger partial charge in [-0.25, -0.2) is 0 Å². The molecule has 4 N–H and O–H groups in total. The van der Waals surface area contributed by atoms with Crippen LogP contribution in [0.25, 0.3) is 10.9 Å². The van der Waals surface area contributed by atoms with Crippen LogP contribution in [0.3, 0.4) is 0 Å². The van der Waals surface area contributed by atoms with Gasteiger partial charge in [0.05, 0.1) is 5.41 Å².